The fraction of sp³-hybridized carbons (Fsp3) is 0.462. The van der Waals surface area contributed by atoms with Crippen molar-refractivity contribution in [2.45, 2.75) is 63.8 Å². The number of carbonyl (C=O) groups is 2. The smallest absolute Gasteiger partial charge is 0.507 e. The maximum atomic E-state index is 12.5. The van der Waals surface area contributed by atoms with Crippen LogP contribution in [0.15, 0.2) is 72.1 Å². The molecule has 3 saturated heterocycles. The Morgan fingerprint density at radius 2 is 1.62 bits per heavy atom. The van der Waals surface area contributed by atoms with Crippen molar-refractivity contribution in [2.75, 3.05) is 7.05 Å². The van der Waals surface area contributed by atoms with Crippen molar-refractivity contribution in [3.63, 3.8) is 0 Å². The number of nitrogens with zero attached hydrogens (tertiary/aromatic N) is 1. The summed E-state index contributed by atoms with van der Waals surface area (Å²) >= 11 is 0. The van der Waals surface area contributed by atoms with Crippen LogP contribution in [0.4, 0.5) is 0 Å². The van der Waals surface area contributed by atoms with Crippen molar-refractivity contribution in [1.82, 2.24) is 4.90 Å². The number of Topliss-reactive ketones (excluding diaryl/α,β-unsaturated/α-hetero) is 1. The second kappa shape index (κ2) is 12.8. The molecule has 0 bridgehead atoms. The van der Waals surface area contributed by atoms with Gasteiger partial charge in [-0.3, -0.25) is 9.59 Å². The number of amides is 1. The Labute approximate surface area is 223 Å². The van der Waals surface area contributed by atoms with Gasteiger partial charge >= 0.3 is 29.6 Å². The van der Waals surface area contributed by atoms with Crippen LogP contribution in [0.3, 0.4) is 0 Å². The molecule has 0 aliphatic carbocycles. The van der Waals surface area contributed by atoms with Crippen LogP contribution in [0.2, 0.25) is 0 Å². The zero-order valence-electron chi connectivity index (χ0n) is 20.5. The van der Waals surface area contributed by atoms with E-state index >= 15 is 0 Å². The summed E-state index contributed by atoms with van der Waals surface area (Å²) in [7, 11) is 1.57. The van der Waals surface area contributed by atoms with E-state index in [4.69, 9.17) is 9.47 Å². The zero-order valence-corrected chi connectivity index (χ0v) is 22.5. The molecule has 0 spiro atoms. The molecule has 2 N–H and O–H groups in total. The molecule has 6 atom stereocenters. The SMILES string of the molecule is CC1CC2OC(C=CC=CC=CC=CC=CC(O)=C3C(=O)C(C(C)C)N(C)C3=O)C(O)C2O1.[Na+]. The molecule has 8 heteroatoms. The Balaban J connectivity index is 0.00000408. The van der Waals surface area contributed by atoms with Gasteiger partial charge in [-0.1, -0.05) is 68.5 Å². The van der Waals surface area contributed by atoms with Crippen molar-refractivity contribution in [3.8, 4) is 0 Å². The first kappa shape index (κ1) is 28.5. The number of fused-ring (bicyclic) bond motifs is 1. The van der Waals surface area contributed by atoms with E-state index in [1.54, 1.807) is 31.4 Å². The average molecular weight is 479 g/mol. The topological polar surface area (TPSA) is 96.3 Å². The van der Waals surface area contributed by atoms with Crippen molar-refractivity contribution in [3.05, 3.63) is 72.1 Å². The minimum absolute atomic E-state index is 0. The fourth-order valence-corrected chi connectivity index (χ4v) is 4.44. The van der Waals surface area contributed by atoms with Crippen LogP contribution in [0.5, 0.6) is 0 Å². The van der Waals surface area contributed by atoms with E-state index in [0.29, 0.717) is 0 Å². The van der Waals surface area contributed by atoms with E-state index in [9.17, 15) is 19.8 Å². The van der Waals surface area contributed by atoms with E-state index < -0.39 is 18.1 Å². The monoisotopic (exact) mass is 478 g/mol. The molecular weight excluding hydrogens is 445 g/mol. The average Bonchev–Trinajstić information content (AvgIpc) is 3.33. The molecule has 0 aromatic rings. The van der Waals surface area contributed by atoms with Crippen molar-refractivity contribution in [2.24, 2.45) is 5.92 Å². The van der Waals surface area contributed by atoms with E-state index in [1.165, 1.54) is 11.0 Å². The van der Waals surface area contributed by atoms with E-state index in [2.05, 4.69) is 0 Å². The summed E-state index contributed by atoms with van der Waals surface area (Å²) in [6.45, 7) is 5.72. The molecule has 1 amide bonds. The Bertz CT molecular complexity index is 932. The summed E-state index contributed by atoms with van der Waals surface area (Å²) in [4.78, 5) is 26.1. The molecule has 178 valence electrons. The van der Waals surface area contributed by atoms with Crippen LogP contribution in [-0.2, 0) is 19.1 Å². The van der Waals surface area contributed by atoms with Crippen molar-refractivity contribution >= 4 is 11.7 Å². The Kier molecular flexibility index (Phi) is 10.7. The Morgan fingerprint density at radius 3 is 2.18 bits per heavy atom. The summed E-state index contributed by atoms with van der Waals surface area (Å²) in [5.41, 5.74) is -0.160. The second-order valence-corrected chi connectivity index (χ2v) is 8.90. The Morgan fingerprint density at radius 1 is 1.03 bits per heavy atom. The molecule has 0 radical (unpaired) electrons. The third-order valence-corrected chi connectivity index (χ3v) is 6.01. The first-order valence-electron chi connectivity index (χ1n) is 11.3. The van der Waals surface area contributed by atoms with Gasteiger partial charge in [0.2, 0.25) is 0 Å². The van der Waals surface area contributed by atoms with E-state index in [1.807, 2.05) is 51.2 Å². The summed E-state index contributed by atoms with van der Waals surface area (Å²) in [6, 6.07) is -0.539. The number of aliphatic hydroxyl groups excluding tert-OH is 2. The van der Waals surface area contributed by atoms with Gasteiger partial charge in [0.1, 0.15) is 29.6 Å². The molecule has 34 heavy (non-hydrogen) atoms. The minimum atomic E-state index is -0.646. The predicted molar refractivity (Wildman–Crippen MR) is 125 cm³/mol. The molecule has 0 saturated carbocycles. The molecule has 0 aromatic heterocycles. The fourth-order valence-electron chi connectivity index (χ4n) is 4.44. The largest absolute Gasteiger partial charge is 1.00 e. The third kappa shape index (κ3) is 6.47. The van der Waals surface area contributed by atoms with Gasteiger partial charge in [0.05, 0.1) is 18.2 Å². The summed E-state index contributed by atoms with van der Waals surface area (Å²) in [5, 5.41) is 20.5. The quantitative estimate of drug-likeness (QED) is 0.175. The number of hydrogen-bond acceptors (Lipinski definition) is 6. The summed E-state index contributed by atoms with van der Waals surface area (Å²) in [6.07, 6.45) is 17.0. The van der Waals surface area contributed by atoms with Gasteiger partial charge in [-0.15, -0.1) is 0 Å². The molecule has 0 aromatic carbocycles. The van der Waals surface area contributed by atoms with Crippen molar-refractivity contribution < 1.29 is 58.8 Å². The number of hydrogen-bond donors (Lipinski definition) is 2. The zero-order chi connectivity index (χ0) is 24.1. The van der Waals surface area contributed by atoms with Gasteiger partial charge in [-0.25, -0.2) is 0 Å². The summed E-state index contributed by atoms with van der Waals surface area (Å²) in [5.74, 6) is -1.15. The van der Waals surface area contributed by atoms with Gasteiger partial charge in [0.25, 0.3) is 5.91 Å². The maximum absolute atomic E-state index is 12.5. The molecule has 7 nitrogen and oxygen atoms in total. The minimum Gasteiger partial charge on any atom is -0.507 e. The van der Waals surface area contributed by atoms with Crippen LogP contribution >= 0.6 is 0 Å². The number of allylic oxidation sites excluding steroid dienone is 9. The maximum Gasteiger partial charge on any atom is 1.00 e. The normalized spacial score (nSPS) is 33.6. The van der Waals surface area contributed by atoms with Gasteiger partial charge in [0.15, 0.2) is 5.78 Å². The van der Waals surface area contributed by atoms with Gasteiger partial charge in [0, 0.05) is 13.5 Å². The molecular formula is C26H33NNaO6+. The third-order valence-electron chi connectivity index (χ3n) is 6.01. The van der Waals surface area contributed by atoms with Crippen LogP contribution in [0.1, 0.15) is 27.2 Å². The first-order valence-corrected chi connectivity index (χ1v) is 11.3. The first-order chi connectivity index (χ1) is 15.7. The number of carbonyl (C=O) groups excluding carboxylic acids is 2. The van der Waals surface area contributed by atoms with Crippen LogP contribution in [0.25, 0.3) is 0 Å². The molecule has 3 fully saturated rings. The van der Waals surface area contributed by atoms with Crippen LogP contribution in [0, 0.1) is 5.92 Å². The van der Waals surface area contributed by atoms with Crippen LogP contribution in [-0.4, -0.2) is 70.4 Å². The van der Waals surface area contributed by atoms with Gasteiger partial charge in [-0.2, -0.15) is 0 Å². The number of ether oxygens (including phenoxy) is 2. The predicted octanol–water partition coefficient (Wildman–Crippen LogP) is -0.0451. The Hall–Kier alpha value is -1.74. The van der Waals surface area contributed by atoms with Gasteiger partial charge < -0.3 is 24.6 Å². The number of rotatable bonds is 7. The van der Waals surface area contributed by atoms with Gasteiger partial charge in [-0.05, 0) is 18.9 Å². The van der Waals surface area contributed by atoms with E-state index in [0.717, 1.165) is 6.42 Å². The van der Waals surface area contributed by atoms with Crippen LogP contribution < -0.4 is 29.6 Å². The molecule has 3 aliphatic heterocycles. The van der Waals surface area contributed by atoms with Crippen molar-refractivity contribution in [1.29, 1.82) is 0 Å². The number of likely N-dealkylation sites (N-methyl/N-ethyl adjacent to an activating group) is 1. The standard InChI is InChI=1S/C26H33NO6.Na/c1-16(2)22-24(30)21(26(31)27(22)4)18(28)13-11-9-7-5-6-8-10-12-14-19-23(29)25-20(33-19)15-17(3)32-25;/h5-14,16-17,19-20,22-23,25,28-29H,15H2,1-4H3;/q;+1. The molecule has 3 heterocycles. The molecule has 6 unspecified atom stereocenters. The number of likely N-dealkylation sites (tertiary alicyclic amines) is 1. The number of ketones is 1. The molecule has 3 aliphatic rings. The summed E-state index contributed by atoms with van der Waals surface area (Å²) < 4.78 is 11.5. The number of aliphatic hydroxyl groups is 2. The second-order valence-electron chi connectivity index (χ2n) is 8.90. The van der Waals surface area contributed by atoms with E-state index in [-0.39, 0.29) is 77.0 Å². The molecule has 3 rings (SSSR count).